The first kappa shape index (κ1) is 14.9. The second-order valence-electron chi connectivity index (χ2n) is 3.89. The lowest BCUT2D eigenvalue weighted by Gasteiger charge is -2.08. The van der Waals surface area contributed by atoms with Crippen molar-refractivity contribution in [1.82, 2.24) is 9.78 Å². The third-order valence-corrected chi connectivity index (χ3v) is 4.40. The van der Waals surface area contributed by atoms with E-state index >= 15 is 0 Å². The summed E-state index contributed by atoms with van der Waals surface area (Å²) < 4.78 is 41.1. The molecule has 0 aliphatic rings. The van der Waals surface area contributed by atoms with E-state index < -0.39 is 15.8 Å². The predicted octanol–water partition coefficient (Wildman–Crippen LogP) is 1.58. The van der Waals surface area contributed by atoms with Crippen molar-refractivity contribution in [3.05, 3.63) is 40.9 Å². The van der Waals surface area contributed by atoms with Gasteiger partial charge in [0.15, 0.2) is 0 Å². The van der Waals surface area contributed by atoms with Gasteiger partial charge in [0.25, 0.3) is 10.0 Å². The molecule has 6 nitrogen and oxygen atoms in total. The number of rotatable bonds is 5. The zero-order valence-corrected chi connectivity index (χ0v) is 12.5. The number of nitrogens with zero attached hydrogens (tertiary/aromatic N) is 2. The molecule has 2 N–H and O–H groups in total. The number of sulfonamides is 1. The van der Waals surface area contributed by atoms with Crippen LogP contribution in [0.5, 0.6) is 0 Å². The lowest BCUT2D eigenvalue weighted by molar-refractivity contribution is 0.269. The van der Waals surface area contributed by atoms with Gasteiger partial charge in [-0.1, -0.05) is 0 Å². The molecule has 0 bridgehead atoms. The van der Waals surface area contributed by atoms with E-state index in [9.17, 15) is 12.8 Å². The Morgan fingerprint density at radius 1 is 1.45 bits per heavy atom. The van der Waals surface area contributed by atoms with Crippen LogP contribution >= 0.6 is 15.9 Å². The van der Waals surface area contributed by atoms with E-state index in [0.717, 1.165) is 12.1 Å². The fourth-order valence-electron chi connectivity index (χ4n) is 1.48. The highest BCUT2D eigenvalue weighted by Crippen LogP contribution is 2.25. The van der Waals surface area contributed by atoms with Crippen LogP contribution in [-0.2, 0) is 16.6 Å². The second-order valence-corrected chi connectivity index (χ2v) is 6.43. The van der Waals surface area contributed by atoms with Gasteiger partial charge in [-0.3, -0.25) is 9.40 Å². The fourth-order valence-corrected chi connectivity index (χ4v) is 3.10. The van der Waals surface area contributed by atoms with Gasteiger partial charge in [-0.15, -0.1) is 0 Å². The molecule has 0 atom stereocenters. The van der Waals surface area contributed by atoms with Crippen molar-refractivity contribution in [2.24, 2.45) is 0 Å². The summed E-state index contributed by atoms with van der Waals surface area (Å²) >= 11 is 3.08. The summed E-state index contributed by atoms with van der Waals surface area (Å²) in [5, 5.41) is 12.6. The first-order valence-corrected chi connectivity index (χ1v) is 7.81. The SMILES string of the molecule is O=S(=O)(Nc1ccc(F)cc1Br)c1cnn(CCO)c1. The maximum absolute atomic E-state index is 12.9. The molecule has 0 saturated carbocycles. The summed E-state index contributed by atoms with van der Waals surface area (Å²) in [5.41, 5.74) is 0.223. The van der Waals surface area contributed by atoms with Crippen molar-refractivity contribution in [1.29, 1.82) is 0 Å². The monoisotopic (exact) mass is 363 g/mol. The zero-order chi connectivity index (χ0) is 14.8. The van der Waals surface area contributed by atoms with Crippen molar-refractivity contribution < 1.29 is 17.9 Å². The largest absolute Gasteiger partial charge is 0.394 e. The average Bonchev–Trinajstić information content (AvgIpc) is 2.83. The molecule has 9 heteroatoms. The number of hydrogen-bond donors (Lipinski definition) is 2. The number of anilines is 1. The number of aliphatic hydroxyl groups excluding tert-OH is 1. The summed E-state index contributed by atoms with van der Waals surface area (Å²) in [6.45, 7) is 0.0634. The van der Waals surface area contributed by atoms with E-state index in [1.165, 1.54) is 23.1 Å². The van der Waals surface area contributed by atoms with Crippen LogP contribution in [0.2, 0.25) is 0 Å². The van der Waals surface area contributed by atoms with Crippen LogP contribution in [0.1, 0.15) is 0 Å². The van der Waals surface area contributed by atoms with Crippen LogP contribution < -0.4 is 4.72 Å². The smallest absolute Gasteiger partial charge is 0.265 e. The Morgan fingerprint density at radius 2 is 2.20 bits per heavy atom. The third kappa shape index (κ3) is 3.35. The maximum Gasteiger partial charge on any atom is 0.265 e. The van der Waals surface area contributed by atoms with E-state index in [1.54, 1.807) is 0 Å². The van der Waals surface area contributed by atoms with E-state index in [-0.39, 0.29) is 23.7 Å². The maximum atomic E-state index is 12.9. The van der Waals surface area contributed by atoms with Gasteiger partial charge in [0.2, 0.25) is 0 Å². The number of aliphatic hydroxyl groups is 1. The number of halogens is 2. The van der Waals surface area contributed by atoms with Crippen LogP contribution in [0.3, 0.4) is 0 Å². The van der Waals surface area contributed by atoms with Crippen molar-refractivity contribution in [3.63, 3.8) is 0 Å². The van der Waals surface area contributed by atoms with Crippen molar-refractivity contribution in [3.8, 4) is 0 Å². The van der Waals surface area contributed by atoms with Gasteiger partial charge in [0.05, 0.1) is 25.0 Å². The topological polar surface area (TPSA) is 84.2 Å². The van der Waals surface area contributed by atoms with Crippen LogP contribution in [-0.4, -0.2) is 29.9 Å². The van der Waals surface area contributed by atoms with Crippen molar-refractivity contribution in [2.75, 3.05) is 11.3 Å². The van der Waals surface area contributed by atoms with Crippen molar-refractivity contribution >= 4 is 31.6 Å². The molecule has 1 aromatic heterocycles. The highest BCUT2D eigenvalue weighted by Gasteiger charge is 2.18. The molecule has 1 heterocycles. The van der Waals surface area contributed by atoms with Crippen LogP contribution in [0, 0.1) is 5.82 Å². The molecular weight excluding hydrogens is 353 g/mol. The molecule has 0 unspecified atom stereocenters. The second kappa shape index (κ2) is 5.90. The molecule has 0 fully saturated rings. The Hall–Kier alpha value is -1.45. The van der Waals surface area contributed by atoms with E-state index in [0.29, 0.717) is 4.47 Å². The molecule has 2 aromatic rings. The van der Waals surface area contributed by atoms with E-state index in [4.69, 9.17) is 5.11 Å². The number of hydrogen-bond acceptors (Lipinski definition) is 4. The van der Waals surface area contributed by atoms with Crippen LogP contribution in [0.15, 0.2) is 40.0 Å². The molecule has 0 aliphatic carbocycles. The minimum absolute atomic E-state index is 0.0397. The van der Waals surface area contributed by atoms with Gasteiger partial charge in [0.1, 0.15) is 10.7 Å². The molecule has 20 heavy (non-hydrogen) atoms. The molecule has 108 valence electrons. The molecule has 1 aromatic carbocycles. The van der Waals surface area contributed by atoms with E-state index in [2.05, 4.69) is 25.8 Å². The Bertz CT molecular complexity index is 717. The highest BCUT2D eigenvalue weighted by molar-refractivity contribution is 9.10. The average molecular weight is 364 g/mol. The summed E-state index contributed by atoms with van der Waals surface area (Å²) in [4.78, 5) is -0.0397. The Morgan fingerprint density at radius 3 is 2.85 bits per heavy atom. The standard InChI is InChI=1S/C11H11BrFN3O3S/c12-10-5-8(13)1-2-11(10)15-20(18,19)9-6-14-16(7-9)3-4-17/h1-2,5-7,15,17H,3-4H2. The van der Waals surface area contributed by atoms with Crippen molar-refractivity contribution in [2.45, 2.75) is 11.4 Å². The first-order chi connectivity index (χ1) is 9.42. The normalized spacial score (nSPS) is 11.6. The summed E-state index contributed by atoms with van der Waals surface area (Å²) in [7, 11) is -3.81. The Balaban J connectivity index is 2.26. The van der Waals surface area contributed by atoms with Gasteiger partial charge in [-0.25, -0.2) is 12.8 Å². The Labute approximate surface area is 123 Å². The molecule has 0 amide bonds. The van der Waals surface area contributed by atoms with Crippen LogP contribution in [0.25, 0.3) is 0 Å². The number of benzene rings is 1. The summed E-state index contributed by atoms with van der Waals surface area (Å²) in [5.74, 6) is -0.476. The van der Waals surface area contributed by atoms with Gasteiger partial charge >= 0.3 is 0 Å². The minimum Gasteiger partial charge on any atom is -0.394 e. The molecule has 2 rings (SSSR count). The minimum atomic E-state index is -3.81. The first-order valence-electron chi connectivity index (χ1n) is 5.53. The Kier molecular flexibility index (Phi) is 4.41. The third-order valence-electron chi connectivity index (χ3n) is 2.42. The zero-order valence-electron chi connectivity index (χ0n) is 10.1. The summed E-state index contributed by atoms with van der Waals surface area (Å²) in [6.07, 6.45) is 2.48. The number of nitrogens with one attached hydrogen (secondary N) is 1. The van der Waals surface area contributed by atoms with Gasteiger partial charge in [-0.2, -0.15) is 5.10 Å². The van der Waals surface area contributed by atoms with Gasteiger partial charge in [-0.05, 0) is 34.1 Å². The predicted molar refractivity (Wildman–Crippen MR) is 74.2 cm³/mol. The summed E-state index contributed by atoms with van der Waals surface area (Å²) in [6, 6.07) is 3.62. The van der Waals surface area contributed by atoms with E-state index in [1.807, 2.05) is 0 Å². The molecule has 0 aliphatic heterocycles. The molecular formula is C11H11BrFN3O3S. The van der Waals surface area contributed by atoms with Gasteiger partial charge < -0.3 is 5.11 Å². The molecule has 0 saturated heterocycles. The fraction of sp³-hybridized carbons (Fsp3) is 0.182. The lowest BCUT2D eigenvalue weighted by atomic mass is 10.3. The molecule has 0 spiro atoms. The number of aromatic nitrogens is 2. The highest BCUT2D eigenvalue weighted by atomic mass is 79.9. The molecule has 0 radical (unpaired) electrons. The lowest BCUT2D eigenvalue weighted by Crippen LogP contribution is -2.13. The van der Waals surface area contributed by atoms with Gasteiger partial charge in [0, 0.05) is 10.7 Å². The van der Waals surface area contributed by atoms with Crippen LogP contribution in [0.4, 0.5) is 10.1 Å². The quantitative estimate of drug-likeness (QED) is 0.844.